The van der Waals surface area contributed by atoms with E-state index in [1.54, 1.807) is 4.52 Å². The largest absolute Gasteiger partial charge is 0.483 e. The van der Waals surface area contributed by atoms with Crippen molar-refractivity contribution < 1.29 is 57.4 Å². The maximum Gasteiger partial charge on any atom is 0.483 e. The van der Waals surface area contributed by atoms with Gasteiger partial charge >= 0.3 is 31.5 Å². The van der Waals surface area contributed by atoms with Crippen molar-refractivity contribution in [2.75, 3.05) is 0 Å². The summed E-state index contributed by atoms with van der Waals surface area (Å²) in [5, 5.41) is 0. The highest BCUT2D eigenvalue weighted by atomic mass is 31.2. The molecule has 0 aliphatic rings. The number of alkyl halides is 11. The van der Waals surface area contributed by atoms with E-state index in [0.717, 1.165) is 0 Å². The maximum atomic E-state index is 12.0. The van der Waals surface area contributed by atoms with Crippen LogP contribution in [0.4, 0.5) is 48.3 Å². The molecule has 0 rings (SSSR count). The van der Waals surface area contributed by atoms with Crippen molar-refractivity contribution in [3.8, 4) is 0 Å². The Hall–Kier alpha value is -0.580. The SMILES string of the molecule is O=P(OC(F)(F)C(F)(F)F)(C(F)(F)F)C(F)(F)F. The summed E-state index contributed by atoms with van der Waals surface area (Å²) in [5.74, 6) is -13.9. The zero-order valence-electron chi connectivity index (χ0n) is 7.42. The van der Waals surface area contributed by atoms with Crippen LogP contribution in [0.25, 0.3) is 0 Å². The van der Waals surface area contributed by atoms with Gasteiger partial charge in [0.1, 0.15) is 0 Å². The lowest BCUT2D eigenvalue weighted by molar-refractivity contribution is -0.365. The summed E-state index contributed by atoms with van der Waals surface area (Å²) >= 11 is 0. The van der Waals surface area contributed by atoms with Crippen molar-refractivity contribution in [3.05, 3.63) is 0 Å². The van der Waals surface area contributed by atoms with Crippen LogP contribution >= 0.6 is 7.37 Å². The smallest absolute Gasteiger partial charge is 0.273 e. The third-order valence-corrected chi connectivity index (χ3v) is 3.06. The van der Waals surface area contributed by atoms with Crippen LogP contribution in [-0.4, -0.2) is 24.1 Å². The quantitative estimate of drug-likeness (QED) is 0.554. The van der Waals surface area contributed by atoms with Crippen LogP contribution in [0, 0.1) is 0 Å². The van der Waals surface area contributed by atoms with Crippen molar-refractivity contribution in [2.24, 2.45) is 0 Å². The van der Waals surface area contributed by atoms with Crippen molar-refractivity contribution in [1.82, 2.24) is 0 Å². The number of hydrogen-bond donors (Lipinski definition) is 0. The summed E-state index contributed by atoms with van der Waals surface area (Å²) in [5.41, 5.74) is 0. The number of rotatable bonds is 2. The average molecular weight is 320 g/mol. The lowest BCUT2D eigenvalue weighted by Crippen LogP contribution is -2.41. The highest BCUT2D eigenvalue weighted by Gasteiger charge is 2.76. The molecule has 0 unspecified atom stereocenters. The topological polar surface area (TPSA) is 26.3 Å². The summed E-state index contributed by atoms with van der Waals surface area (Å²) in [4.78, 5) is 0. The van der Waals surface area contributed by atoms with Crippen molar-refractivity contribution in [2.45, 2.75) is 24.1 Å². The molecule has 0 saturated heterocycles. The Bertz CT molecular complexity index is 330. The molecule has 0 aromatic rings. The van der Waals surface area contributed by atoms with Crippen LogP contribution in [0.1, 0.15) is 0 Å². The van der Waals surface area contributed by atoms with E-state index in [2.05, 4.69) is 0 Å². The van der Waals surface area contributed by atoms with E-state index in [9.17, 15) is 52.9 Å². The Morgan fingerprint density at radius 3 is 1.11 bits per heavy atom. The highest BCUT2D eigenvalue weighted by molar-refractivity contribution is 7.61. The molecule has 0 spiro atoms. The Morgan fingerprint density at radius 2 is 0.944 bits per heavy atom. The Kier molecular flexibility index (Phi) is 4.08. The van der Waals surface area contributed by atoms with Gasteiger partial charge in [-0.15, -0.1) is 0 Å². The minimum atomic E-state index is -8.27. The van der Waals surface area contributed by atoms with E-state index >= 15 is 0 Å². The van der Waals surface area contributed by atoms with E-state index in [0.29, 0.717) is 0 Å². The molecular formula is C4F11O2P. The monoisotopic (exact) mass is 320 g/mol. The summed E-state index contributed by atoms with van der Waals surface area (Å²) in [7, 11) is -8.27. The van der Waals surface area contributed by atoms with Crippen molar-refractivity contribution >= 4 is 7.37 Å². The van der Waals surface area contributed by atoms with Crippen LogP contribution < -0.4 is 0 Å². The lowest BCUT2D eigenvalue weighted by atomic mass is 10.6. The van der Waals surface area contributed by atoms with Gasteiger partial charge in [-0.25, -0.2) is 4.52 Å². The number of hydrogen-bond acceptors (Lipinski definition) is 2. The van der Waals surface area contributed by atoms with Crippen molar-refractivity contribution in [1.29, 1.82) is 0 Å². The maximum absolute atomic E-state index is 12.0. The first-order valence-electron chi connectivity index (χ1n) is 3.35. The molecule has 0 heterocycles. The van der Waals surface area contributed by atoms with Gasteiger partial charge in [-0.1, -0.05) is 0 Å². The fourth-order valence-corrected chi connectivity index (χ4v) is 1.38. The molecule has 0 fully saturated rings. The highest BCUT2D eigenvalue weighted by Crippen LogP contribution is 2.74. The minimum absolute atomic E-state index is 1.57. The van der Waals surface area contributed by atoms with Gasteiger partial charge in [0.2, 0.25) is 0 Å². The van der Waals surface area contributed by atoms with Crippen LogP contribution in [0.15, 0.2) is 0 Å². The first-order chi connectivity index (χ1) is 7.46. The molecule has 0 bridgehead atoms. The average Bonchev–Trinajstić information content (AvgIpc) is 1.95. The third kappa shape index (κ3) is 3.05. The molecule has 0 aromatic heterocycles. The molecular weight excluding hydrogens is 320 g/mol. The van der Waals surface area contributed by atoms with Gasteiger partial charge in [0.25, 0.3) is 0 Å². The predicted molar refractivity (Wildman–Crippen MR) is 31.8 cm³/mol. The van der Waals surface area contributed by atoms with Crippen molar-refractivity contribution in [3.63, 3.8) is 0 Å². The molecule has 110 valence electrons. The van der Waals surface area contributed by atoms with E-state index in [1.165, 1.54) is 0 Å². The molecule has 0 amide bonds. The molecule has 0 atom stereocenters. The van der Waals surface area contributed by atoms with Crippen LogP contribution in [0.2, 0.25) is 0 Å². The number of halogens is 11. The fourth-order valence-electron chi connectivity index (χ4n) is 0.460. The summed E-state index contributed by atoms with van der Waals surface area (Å²) in [6.07, 6.45) is -13.8. The molecule has 18 heavy (non-hydrogen) atoms. The van der Waals surface area contributed by atoms with Gasteiger partial charge in [-0.3, -0.25) is 4.57 Å². The second kappa shape index (κ2) is 4.22. The van der Waals surface area contributed by atoms with Gasteiger partial charge in [0, 0.05) is 0 Å². The fraction of sp³-hybridized carbons (Fsp3) is 1.00. The van der Waals surface area contributed by atoms with Gasteiger partial charge in [-0.05, 0) is 0 Å². The molecule has 0 aliphatic heterocycles. The molecule has 0 aromatic carbocycles. The minimum Gasteiger partial charge on any atom is -0.273 e. The molecule has 0 N–H and O–H groups in total. The van der Waals surface area contributed by atoms with Crippen LogP contribution in [0.3, 0.4) is 0 Å². The van der Waals surface area contributed by atoms with E-state index < -0.39 is 31.5 Å². The summed E-state index contributed by atoms with van der Waals surface area (Å²) in [6.45, 7) is 0. The Labute approximate surface area is 90.1 Å². The second-order valence-electron chi connectivity index (χ2n) is 2.59. The molecule has 0 radical (unpaired) electrons. The van der Waals surface area contributed by atoms with Gasteiger partial charge < -0.3 is 0 Å². The van der Waals surface area contributed by atoms with Crippen LogP contribution in [-0.2, 0) is 9.09 Å². The zero-order valence-corrected chi connectivity index (χ0v) is 8.32. The van der Waals surface area contributed by atoms with Gasteiger partial charge in [0.15, 0.2) is 0 Å². The molecule has 14 heteroatoms. The third-order valence-electron chi connectivity index (χ3n) is 1.24. The molecule has 0 aliphatic carbocycles. The van der Waals surface area contributed by atoms with E-state index in [-0.39, 0.29) is 0 Å². The second-order valence-corrected chi connectivity index (χ2v) is 4.89. The first-order valence-corrected chi connectivity index (χ1v) is 4.97. The van der Waals surface area contributed by atoms with E-state index in [4.69, 9.17) is 0 Å². The van der Waals surface area contributed by atoms with E-state index in [1.807, 2.05) is 0 Å². The van der Waals surface area contributed by atoms with Gasteiger partial charge in [-0.2, -0.15) is 48.3 Å². The van der Waals surface area contributed by atoms with Gasteiger partial charge in [0.05, 0.1) is 0 Å². The zero-order chi connectivity index (χ0) is 15.2. The van der Waals surface area contributed by atoms with Crippen LogP contribution in [0.5, 0.6) is 0 Å². The predicted octanol–water partition coefficient (Wildman–Crippen LogP) is 4.48. The first kappa shape index (κ1) is 17.4. The molecule has 0 saturated carbocycles. The molecule has 2 nitrogen and oxygen atoms in total. The lowest BCUT2D eigenvalue weighted by Gasteiger charge is -2.27. The standard InChI is InChI=1S/C4F11O2P/c5-1(6,7)2(8,9)17-18(16,3(10,11)12)4(13,14)15. The Balaban J connectivity index is 5.67. The Morgan fingerprint density at radius 1 is 0.667 bits per heavy atom. The summed E-state index contributed by atoms with van der Waals surface area (Å²) < 4.78 is 140. The summed E-state index contributed by atoms with van der Waals surface area (Å²) in [6, 6.07) is 0. The normalized spacial score (nSPS) is 15.9.